The van der Waals surface area contributed by atoms with Crippen molar-refractivity contribution in [3.8, 4) is 11.3 Å². The zero-order valence-electron chi connectivity index (χ0n) is 21.5. The first kappa shape index (κ1) is 29.7. The first-order chi connectivity index (χ1) is 17.5. The van der Waals surface area contributed by atoms with Crippen molar-refractivity contribution in [1.82, 2.24) is 9.38 Å². The minimum absolute atomic E-state index is 0.174. The fourth-order valence-electron chi connectivity index (χ4n) is 5.08. The van der Waals surface area contributed by atoms with E-state index in [0.717, 1.165) is 38.5 Å². The molecule has 4 nitrogen and oxygen atoms in total. The van der Waals surface area contributed by atoms with Crippen molar-refractivity contribution in [2.75, 3.05) is 0 Å². The second-order valence-electron chi connectivity index (χ2n) is 9.73. The van der Waals surface area contributed by atoms with Crippen LogP contribution in [0.2, 0.25) is 18.3 Å². The molecule has 10 heteroatoms. The van der Waals surface area contributed by atoms with E-state index < -0.39 is 52.4 Å². The molecule has 1 aromatic carbocycles. The van der Waals surface area contributed by atoms with Gasteiger partial charge in [-0.25, -0.2) is 0 Å². The average molecular weight is 647 g/mol. The molecule has 2 heterocycles. The van der Waals surface area contributed by atoms with Crippen molar-refractivity contribution in [2.24, 2.45) is 5.73 Å². The fourth-order valence-corrected chi connectivity index (χ4v) is 21.2. The standard InChI is InChI=1S/C15H7ClF4N3O.3C4H9.Sn/c16-9-6-7(15(18,19)20)5-8(11(9)17)12-13(14(21)24)23-4-2-1-3-10(23)22-12;3*1-3-4-2;/h2-6H,(H2,21,24);3*1,3-4H2,2H3;. The molecular weight excluding hydrogens is 612 g/mol. The van der Waals surface area contributed by atoms with Gasteiger partial charge in [-0.15, -0.1) is 0 Å². The van der Waals surface area contributed by atoms with Crippen LogP contribution < -0.4 is 9.31 Å². The molecule has 0 aliphatic rings. The van der Waals surface area contributed by atoms with Crippen molar-refractivity contribution >= 4 is 45.1 Å². The third-order valence-corrected chi connectivity index (χ3v) is 23.0. The Morgan fingerprint density at radius 2 is 1.59 bits per heavy atom. The van der Waals surface area contributed by atoms with Gasteiger partial charge in [0.25, 0.3) is 0 Å². The van der Waals surface area contributed by atoms with Gasteiger partial charge in [0.05, 0.1) is 0 Å². The Morgan fingerprint density at radius 3 is 2.08 bits per heavy atom. The number of imidazole rings is 1. The van der Waals surface area contributed by atoms with E-state index in [2.05, 4.69) is 25.8 Å². The minimum atomic E-state index is -4.75. The Hall–Kier alpha value is -1.81. The average Bonchev–Trinajstić information content (AvgIpc) is 3.23. The molecule has 37 heavy (non-hydrogen) atoms. The number of hydrogen-bond donors (Lipinski definition) is 1. The molecule has 0 saturated carbocycles. The number of hydrogen-bond acceptors (Lipinski definition) is 2. The van der Waals surface area contributed by atoms with Crippen LogP contribution in [0.1, 0.15) is 75.3 Å². The van der Waals surface area contributed by atoms with Crippen molar-refractivity contribution in [3.63, 3.8) is 0 Å². The zero-order chi connectivity index (χ0) is 27.4. The number of primary amides is 1. The second kappa shape index (κ2) is 12.4. The molecule has 0 fully saturated rings. The zero-order valence-corrected chi connectivity index (χ0v) is 25.1. The van der Waals surface area contributed by atoms with E-state index in [9.17, 15) is 18.0 Å². The summed E-state index contributed by atoms with van der Waals surface area (Å²) in [5.74, 6) is -2.00. The van der Waals surface area contributed by atoms with Gasteiger partial charge in [0.1, 0.15) is 0 Å². The van der Waals surface area contributed by atoms with Gasteiger partial charge in [-0.1, -0.05) is 0 Å². The summed E-state index contributed by atoms with van der Waals surface area (Å²) in [7, 11) is 0. The summed E-state index contributed by atoms with van der Waals surface area (Å²) in [5, 5.41) is -0.702. The number of nitrogens with two attached hydrogens (primary N) is 1. The summed E-state index contributed by atoms with van der Waals surface area (Å²) in [5.41, 5.74) is 3.96. The van der Waals surface area contributed by atoms with Crippen molar-refractivity contribution in [3.05, 3.63) is 52.6 Å². The predicted octanol–water partition coefficient (Wildman–Crippen LogP) is 7.97. The van der Waals surface area contributed by atoms with E-state index in [-0.39, 0.29) is 11.4 Å². The number of rotatable bonds is 12. The topological polar surface area (TPSA) is 60.4 Å². The van der Waals surface area contributed by atoms with E-state index in [0.29, 0.717) is 17.8 Å². The van der Waals surface area contributed by atoms with Crippen LogP contribution in [0.15, 0.2) is 30.5 Å². The molecule has 0 bridgehead atoms. The van der Waals surface area contributed by atoms with Gasteiger partial charge in [0.2, 0.25) is 0 Å². The molecular formula is C27H34ClF4N3OSn. The monoisotopic (exact) mass is 647 g/mol. The molecule has 1 amide bonds. The Morgan fingerprint density at radius 1 is 1.03 bits per heavy atom. The van der Waals surface area contributed by atoms with E-state index in [4.69, 9.17) is 17.3 Å². The normalized spacial score (nSPS) is 12.4. The van der Waals surface area contributed by atoms with Crippen molar-refractivity contribution in [2.45, 2.75) is 78.8 Å². The molecule has 3 aromatic rings. The predicted molar refractivity (Wildman–Crippen MR) is 144 cm³/mol. The van der Waals surface area contributed by atoms with E-state index in [1.165, 1.54) is 21.3 Å². The van der Waals surface area contributed by atoms with E-state index in [1.807, 2.05) is 12.1 Å². The van der Waals surface area contributed by atoms with Gasteiger partial charge >= 0.3 is 225 Å². The summed E-state index contributed by atoms with van der Waals surface area (Å²) < 4.78 is 61.7. The van der Waals surface area contributed by atoms with Crippen LogP contribution in [-0.2, 0) is 6.18 Å². The molecule has 0 unspecified atom stereocenters. The molecule has 0 spiro atoms. The number of fused-ring (bicyclic) bond motifs is 1. The van der Waals surface area contributed by atoms with Crippen LogP contribution in [0.5, 0.6) is 0 Å². The van der Waals surface area contributed by atoms with Crippen LogP contribution >= 0.6 is 11.6 Å². The fraction of sp³-hybridized carbons (Fsp3) is 0.481. The number of aromatic nitrogens is 2. The number of amides is 1. The Labute approximate surface area is 224 Å². The summed E-state index contributed by atoms with van der Waals surface area (Å²) in [6, 6.07) is 5.14. The number of halogens is 5. The number of alkyl halides is 3. The van der Waals surface area contributed by atoms with Gasteiger partial charge in [0.15, 0.2) is 0 Å². The van der Waals surface area contributed by atoms with Gasteiger partial charge in [-0.2, -0.15) is 0 Å². The number of pyridine rings is 1. The molecule has 2 N–H and O–H groups in total. The van der Waals surface area contributed by atoms with E-state index >= 15 is 4.39 Å². The number of nitrogens with zero attached hydrogens (tertiary/aromatic N) is 2. The first-order valence-electron chi connectivity index (χ1n) is 12.9. The van der Waals surface area contributed by atoms with Gasteiger partial charge in [-0.3, -0.25) is 0 Å². The van der Waals surface area contributed by atoms with Crippen LogP contribution in [0, 0.1) is 5.82 Å². The Balaban J connectivity index is 2.26. The van der Waals surface area contributed by atoms with Gasteiger partial charge < -0.3 is 0 Å². The molecule has 0 aliphatic heterocycles. The van der Waals surface area contributed by atoms with Crippen LogP contribution in [0.25, 0.3) is 16.9 Å². The molecule has 0 aliphatic carbocycles. The first-order valence-corrected chi connectivity index (χ1v) is 20.7. The second-order valence-corrected chi connectivity index (χ2v) is 23.4. The Kier molecular flexibility index (Phi) is 9.94. The summed E-state index contributed by atoms with van der Waals surface area (Å²) in [4.78, 5) is 16.9. The molecule has 0 atom stereocenters. The van der Waals surface area contributed by atoms with Crippen LogP contribution in [-0.4, -0.2) is 33.7 Å². The van der Waals surface area contributed by atoms with Gasteiger partial charge in [0, 0.05) is 0 Å². The molecule has 0 saturated heterocycles. The SMILES string of the molecule is CCC[CH2][Sn]([CH2]CCC)([CH2]CCC)[c]1ccn2c(C(N)=O)c(-c3cc(C(F)(F)F)cc(Cl)c3F)nc2c1. The Bertz CT molecular complexity index is 1240. The maximum absolute atomic E-state index is 15.0. The third-order valence-electron chi connectivity index (χ3n) is 7.11. The van der Waals surface area contributed by atoms with Crippen LogP contribution in [0.4, 0.5) is 17.6 Å². The summed E-state index contributed by atoms with van der Waals surface area (Å²) in [6.07, 6.45) is 3.72. The molecule has 0 radical (unpaired) electrons. The van der Waals surface area contributed by atoms with Crippen molar-refractivity contribution in [1.29, 1.82) is 0 Å². The summed E-state index contributed by atoms with van der Waals surface area (Å²) >= 11 is 2.94. The van der Waals surface area contributed by atoms with Crippen LogP contribution in [0.3, 0.4) is 0 Å². The number of unbranched alkanes of at least 4 members (excludes halogenated alkanes) is 3. The molecule has 202 valence electrons. The van der Waals surface area contributed by atoms with Crippen molar-refractivity contribution < 1.29 is 22.4 Å². The quantitative estimate of drug-likeness (QED) is 0.160. The third kappa shape index (κ3) is 6.44. The van der Waals surface area contributed by atoms with E-state index in [1.54, 1.807) is 6.20 Å². The molecule has 3 rings (SSSR count). The van der Waals surface area contributed by atoms with Gasteiger partial charge in [-0.05, 0) is 0 Å². The number of carbonyl (C=O) groups is 1. The molecule has 2 aromatic heterocycles. The summed E-state index contributed by atoms with van der Waals surface area (Å²) in [6.45, 7) is 6.57. The number of carbonyl (C=O) groups excluding carboxylic acids is 1. The maximum atomic E-state index is 15.0. The number of benzene rings is 1.